The Morgan fingerprint density at radius 1 is 1.43 bits per heavy atom. The lowest BCUT2D eigenvalue weighted by Crippen LogP contribution is -2.39. The van der Waals surface area contributed by atoms with Gasteiger partial charge in [-0.05, 0) is 74.6 Å². The van der Waals surface area contributed by atoms with Crippen LogP contribution < -0.4 is 5.32 Å². The van der Waals surface area contributed by atoms with Crippen LogP contribution in [0, 0.1) is 5.92 Å². The third kappa shape index (κ3) is 4.10. The lowest BCUT2D eigenvalue weighted by Gasteiger charge is -2.32. The van der Waals surface area contributed by atoms with E-state index in [-0.39, 0.29) is 5.91 Å². The molecular formula is C16H26BrN3O. The molecule has 1 aliphatic rings. The van der Waals surface area contributed by atoms with E-state index in [1.807, 2.05) is 24.2 Å². The fourth-order valence-corrected chi connectivity index (χ4v) is 3.42. The molecule has 1 aromatic heterocycles. The summed E-state index contributed by atoms with van der Waals surface area (Å²) in [5.74, 6) is 0.923. The highest BCUT2D eigenvalue weighted by Crippen LogP contribution is 2.24. The quantitative estimate of drug-likeness (QED) is 0.879. The van der Waals surface area contributed by atoms with Crippen molar-refractivity contribution in [3.63, 3.8) is 0 Å². The molecule has 0 radical (unpaired) electrons. The SMILES string of the molecule is CNCCC1CCN(C(=O)c2cc(Br)cn2C(C)C)CC1. The zero-order chi connectivity index (χ0) is 15.4. The monoisotopic (exact) mass is 355 g/mol. The van der Waals surface area contributed by atoms with Gasteiger partial charge in [0.25, 0.3) is 5.91 Å². The van der Waals surface area contributed by atoms with Crippen molar-refractivity contribution in [2.24, 2.45) is 5.92 Å². The Labute approximate surface area is 136 Å². The maximum atomic E-state index is 12.7. The molecule has 5 heteroatoms. The first-order chi connectivity index (χ1) is 10.0. The number of likely N-dealkylation sites (tertiary alicyclic amines) is 1. The molecule has 1 amide bonds. The van der Waals surface area contributed by atoms with Crippen LogP contribution in [0.25, 0.3) is 0 Å². The summed E-state index contributed by atoms with van der Waals surface area (Å²) in [5, 5.41) is 3.21. The number of carbonyl (C=O) groups excluding carboxylic acids is 1. The second kappa shape index (κ2) is 7.45. The van der Waals surface area contributed by atoms with Crippen molar-refractivity contribution in [3.8, 4) is 0 Å². The summed E-state index contributed by atoms with van der Waals surface area (Å²) >= 11 is 3.48. The number of piperidine rings is 1. The molecule has 1 N–H and O–H groups in total. The normalized spacial score (nSPS) is 16.7. The van der Waals surface area contributed by atoms with Gasteiger partial charge in [-0.1, -0.05) is 0 Å². The molecule has 1 fully saturated rings. The van der Waals surface area contributed by atoms with Crippen LogP contribution in [0.1, 0.15) is 49.6 Å². The van der Waals surface area contributed by atoms with Crippen molar-refractivity contribution in [1.82, 2.24) is 14.8 Å². The Hall–Kier alpha value is -0.810. The Kier molecular flexibility index (Phi) is 5.88. The van der Waals surface area contributed by atoms with Crippen molar-refractivity contribution in [1.29, 1.82) is 0 Å². The van der Waals surface area contributed by atoms with Crippen molar-refractivity contribution in [2.75, 3.05) is 26.7 Å². The summed E-state index contributed by atoms with van der Waals surface area (Å²) in [5.41, 5.74) is 0.797. The van der Waals surface area contributed by atoms with Crippen molar-refractivity contribution >= 4 is 21.8 Å². The van der Waals surface area contributed by atoms with E-state index in [1.165, 1.54) is 6.42 Å². The van der Waals surface area contributed by atoms with E-state index in [9.17, 15) is 4.79 Å². The highest BCUT2D eigenvalue weighted by Gasteiger charge is 2.25. The molecule has 2 rings (SSSR count). The fourth-order valence-electron chi connectivity index (χ4n) is 2.98. The predicted molar refractivity (Wildman–Crippen MR) is 89.7 cm³/mol. The molecule has 0 spiro atoms. The zero-order valence-corrected chi connectivity index (χ0v) is 14.8. The van der Waals surface area contributed by atoms with Crippen molar-refractivity contribution in [3.05, 3.63) is 22.4 Å². The molecule has 0 atom stereocenters. The lowest BCUT2D eigenvalue weighted by atomic mass is 9.93. The smallest absolute Gasteiger partial charge is 0.270 e. The molecule has 4 nitrogen and oxygen atoms in total. The molecule has 0 bridgehead atoms. The van der Waals surface area contributed by atoms with Gasteiger partial charge in [-0.3, -0.25) is 4.79 Å². The molecule has 0 aliphatic carbocycles. The molecule has 0 unspecified atom stereocenters. The van der Waals surface area contributed by atoms with Gasteiger partial charge in [-0.2, -0.15) is 0 Å². The van der Waals surface area contributed by atoms with Gasteiger partial charge in [-0.15, -0.1) is 0 Å². The van der Waals surface area contributed by atoms with Crippen LogP contribution in [-0.2, 0) is 0 Å². The summed E-state index contributed by atoms with van der Waals surface area (Å²) in [7, 11) is 2.00. The van der Waals surface area contributed by atoms with Crippen LogP contribution in [-0.4, -0.2) is 42.1 Å². The summed E-state index contributed by atoms with van der Waals surface area (Å²) in [4.78, 5) is 14.7. The van der Waals surface area contributed by atoms with E-state index in [1.54, 1.807) is 0 Å². The zero-order valence-electron chi connectivity index (χ0n) is 13.2. The van der Waals surface area contributed by atoms with Gasteiger partial charge >= 0.3 is 0 Å². The molecule has 1 aliphatic heterocycles. The number of rotatable bonds is 5. The van der Waals surface area contributed by atoms with Gasteiger partial charge in [-0.25, -0.2) is 0 Å². The fraction of sp³-hybridized carbons (Fsp3) is 0.688. The average molecular weight is 356 g/mol. The van der Waals surface area contributed by atoms with Crippen molar-refractivity contribution < 1.29 is 4.79 Å². The number of nitrogens with one attached hydrogen (secondary N) is 1. The first-order valence-corrected chi connectivity index (χ1v) is 8.63. The third-order valence-electron chi connectivity index (χ3n) is 4.29. The highest BCUT2D eigenvalue weighted by atomic mass is 79.9. The number of hydrogen-bond donors (Lipinski definition) is 1. The van der Waals surface area contributed by atoms with E-state index in [2.05, 4.69) is 39.7 Å². The van der Waals surface area contributed by atoms with E-state index in [4.69, 9.17) is 0 Å². The van der Waals surface area contributed by atoms with E-state index < -0.39 is 0 Å². The largest absolute Gasteiger partial charge is 0.340 e. The summed E-state index contributed by atoms with van der Waals surface area (Å²) in [6.45, 7) is 7.05. The molecule has 1 saturated heterocycles. The first-order valence-electron chi connectivity index (χ1n) is 7.84. The average Bonchev–Trinajstić information content (AvgIpc) is 2.87. The summed E-state index contributed by atoms with van der Waals surface area (Å²) in [6.07, 6.45) is 5.46. The Bertz CT molecular complexity index is 476. The minimum atomic E-state index is 0.168. The highest BCUT2D eigenvalue weighted by molar-refractivity contribution is 9.10. The molecule has 1 aromatic rings. The number of amides is 1. The van der Waals surface area contributed by atoms with Gasteiger partial charge in [0, 0.05) is 29.8 Å². The van der Waals surface area contributed by atoms with Crippen LogP contribution in [0.5, 0.6) is 0 Å². The van der Waals surface area contributed by atoms with Crippen LogP contribution in [0.3, 0.4) is 0 Å². The van der Waals surface area contributed by atoms with E-state index >= 15 is 0 Å². The third-order valence-corrected chi connectivity index (χ3v) is 4.73. The van der Waals surface area contributed by atoms with E-state index in [0.717, 1.165) is 48.6 Å². The molecular weight excluding hydrogens is 330 g/mol. The lowest BCUT2D eigenvalue weighted by molar-refractivity contribution is 0.0674. The second-order valence-electron chi connectivity index (χ2n) is 6.17. The van der Waals surface area contributed by atoms with Gasteiger partial charge < -0.3 is 14.8 Å². The van der Waals surface area contributed by atoms with E-state index in [0.29, 0.717) is 6.04 Å². The number of halogens is 1. The van der Waals surface area contributed by atoms with Gasteiger partial charge in [0.15, 0.2) is 0 Å². The first kappa shape index (κ1) is 16.6. The van der Waals surface area contributed by atoms with Crippen LogP contribution in [0.15, 0.2) is 16.7 Å². The number of carbonyl (C=O) groups is 1. The number of hydrogen-bond acceptors (Lipinski definition) is 2. The Morgan fingerprint density at radius 2 is 2.10 bits per heavy atom. The van der Waals surface area contributed by atoms with Gasteiger partial charge in [0.1, 0.15) is 5.69 Å². The molecule has 118 valence electrons. The maximum Gasteiger partial charge on any atom is 0.270 e. The van der Waals surface area contributed by atoms with Gasteiger partial charge in [0.05, 0.1) is 0 Å². The Balaban J connectivity index is 1.99. The van der Waals surface area contributed by atoms with Crippen LogP contribution in [0.2, 0.25) is 0 Å². The van der Waals surface area contributed by atoms with Crippen molar-refractivity contribution in [2.45, 2.75) is 39.2 Å². The molecule has 21 heavy (non-hydrogen) atoms. The number of aromatic nitrogens is 1. The topological polar surface area (TPSA) is 37.3 Å². The standard InChI is InChI=1S/C16H26BrN3O/c1-12(2)20-11-14(17)10-15(20)16(21)19-8-5-13(6-9-19)4-7-18-3/h10-13,18H,4-9H2,1-3H3. The maximum absolute atomic E-state index is 12.7. The Morgan fingerprint density at radius 3 is 2.67 bits per heavy atom. The minimum absolute atomic E-state index is 0.168. The second-order valence-corrected chi connectivity index (χ2v) is 7.09. The number of nitrogens with zero attached hydrogens (tertiary/aromatic N) is 2. The minimum Gasteiger partial charge on any atom is -0.340 e. The van der Waals surface area contributed by atoms with Crippen LogP contribution in [0.4, 0.5) is 0 Å². The molecule has 0 saturated carbocycles. The van der Waals surface area contributed by atoms with Crippen LogP contribution >= 0.6 is 15.9 Å². The summed E-state index contributed by atoms with van der Waals surface area (Å²) < 4.78 is 3.03. The predicted octanol–water partition coefficient (Wildman–Crippen LogP) is 3.29. The molecule has 2 heterocycles. The summed E-state index contributed by atoms with van der Waals surface area (Å²) in [6, 6.07) is 2.23. The molecule has 0 aromatic carbocycles. The van der Waals surface area contributed by atoms with Gasteiger partial charge in [0.2, 0.25) is 0 Å².